The van der Waals surface area contributed by atoms with Crippen LogP contribution in [-0.4, -0.2) is 46.5 Å². The van der Waals surface area contributed by atoms with Gasteiger partial charge in [0.05, 0.1) is 18.8 Å². The zero-order valence-electron chi connectivity index (χ0n) is 14.4. The van der Waals surface area contributed by atoms with Crippen LogP contribution in [0.5, 0.6) is 5.75 Å². The number of ether oxygens (including phenoxy) is 2. The molecule has 0 saturated carbocycles. The molecular formula is C14H14Cl3F5N2O4S. The van der Waals surface area contributed by atoms with Crippen LogP contribution in [-0.2, 0) is 9.53 Å². The molecule has 15 heteroatoms. The zero-order valence-corrected chi connectivity index (χ0v) is 17.5. The van der Waals surface area contributed by atoms with Crippen molar-refractivity contribution in [1.29, 1.82) is 0 Å². The summed E-state index contributed by atoms with van der Waals surface area (Å²) in [5.74, 6) is -0.579. The number of nitrogens with one attached hydrogen (secondary N) is 1. The lowest BCUT2D eigenvalue weighted by atomic mass is 10.1. The van der Waals surface area contributed by atoms with Gasteiger partial charge in [-0.2, -0.15) is 0 Å². The zero-order chi connectivity index (χ0) is 22.3. The molecule has 1 aliphatic heterocycles. The number of carbonyl (C=O) groups is 2. The molecule has 166 valence electrons. The largest absolute Gasteiger partial charge is 0.485 e. The summed E-state index contributed by atoms with van der Waals surface area (Å²) < 4.78 is 73.4. The molecule has 0 spiro atoms. The summed E-state index contributed by atoms with van der Waals surface area (Å²) in [7, 11) is -10.0. The van der Waals surface area contributed by atoms with Gasteiger partial charge in [0.2, 0.25) is 9.70 Å². The van der Waals surface area contributed by atoms with Crippen molar-refractivity contribution in [3.63, 3.8) is 0 Å². The minimum absolute atomic E-state index is 0.0227. The Balaban J connectivity index is 2.26. The highest BCUT2D eigenvalue weighted by Gasteiger charge is 2.65. The summed E-state index contributed by atoms with van der Waals surface area (Å²) in [6.07, 6.45) is -1.97. The predicted octanol–water partition coefficient (Wildman–Crippen LogP) is 5.87. The van der Waals surface area contributed by atoms with E-state index in [1.165, 1.54) is 11.8 Å². The van der Waals surface area contributed by atoms with Crippen molar-refractivity contribution in [3.8, 4) is 5.75 Å². The Hall–Kier alpha value is -1.37. The van der Waals surface area contributed by atoms with Crippen LogP contribution >= 0.6 is 45.0 Å². The molecule has 1 aliphatic rings. The molecule has 1 heterocycles. The van der Waals surface area contributed by atoms with E-state index in [0.717, 1.165) is 0 Å². The first-order valence-corrected chi connectivity index (χ1v) is 10.7. The summed E-state index contributed by atoms with van der Waals surface area (Å²) >= 11 is 16.2. The number of alkyl halides is 3. The second-order valence-electron chi connectivity index (χ2n) is 6.11. The van der Waals surface area contributed by atoms with Crippen LogP contribution < -0.4 is 10.1 Å². The summed E-state index contributed by atoms with van der Waals surface area (Å²) in [5, 5.41) is 1.86. The third kappa shape index (κ3) is 7.12. The Bertz CT molecular complexity index is 829. The normalized spacial score (nSPS) is 17.6. The fourth-order valence-corrected chi connectivity index (χ4v) is 3.02. The topological polar surface area (TPSA) is 67.9 Å². The van der Waals surface area contributed by atoms with Gasteiger partial charge in [0.15, 0.2) is 0 Å². The van der Waals surface area contributed by atoms with E-state index >= 15 is 0 Å². The van der Waals surface area contributed by atoms with Crippen molar-refractivity contribution >= 4 is 62.7 Å². The van der Waals surface area contributed by atoms with E-state index in [1.54, 1.807) is 0 Å². The van der Waals surface area contributed by atoms with Gasteiger partial charge in [0.25, 0.3) is 0 Å². The van der Waals surface area contributed by atoms with E-state index in [0.29, 0.717) is 6.07 Å². The minimum atomic E-state index is -10.0. The highest BCUT2D eigenvalue weighted by Crippen LogP contribution is 3.02. The van der Waals surface area contributed by atoms with E-state index in [-0.39, 0.29) is 36.9 Å². The Labute approximate surface area is 176 Å². The highest BCUT2D eigenvalue weighted by atomic mass is 35.6. The first-order chi connectivity index (χ1) is 12.8. The molecule has 1 N–H and O–H groups in total. The molecule has 0 radical (unpaired) electrons. The lowest BCUT2D eigenvalue weighted by Gasteiger charge is -2.41. The molecular weight excluding hydrogens is 494 g/mol. The van der Waals surface area contributed by atoms with Crippen LogP contribution in [0, 0.1) is 0 Å². The third-order valence-corrected chi connectivity index (χ3v) is 5.06. The number of benzene rings is 1. The van der Waals surface area contributed by atoms with Gasteiger partial charge in [-0.05, 0) is 18.2 Å². The van der Waals surface area contributed by atoms with Crippen LogP contribution in [0.1, 0.15) is 6.92 Å². The summed E-state index contributed by atoms with van der Waals surface area (Å²) in [4.78, 5) is 22.1. The fraction of sp³-hybridized carbons (Fsp3) is 0.429. The maximum absolute atomic E-state index is 13.1. The number of hydrogen-bond donors (Lipinski definition) is 1. The molecule has 0 aliphatic carbocycles. The quantitative estimate of drug-likeness (QED) is 0.400. The van der Waals surface area contributed by atoms with Gasteiger partial charge in [-0.3, -0.25) is 10.1 Å². The second-order valence-corrected chi connectivity index (χ2v) is 11.0. The number of likely N-dealkylation sites (tertiary alicyclic amines) is 1. The van der Waals surface area contributed by atoms with Crippen LogP contribution in [0.4, 0.5) is 29.9 Å². The molecule has 29 heavy (non-hydrogen) atoms. The first-order valence-electron chi connectivity index (χ1n) is 7.65. The number of halogens is 8. The maximum Gasteiger partial charge on any atom is 0.411 e. The van der Waals surface area contributed by atoms with Gasteiger partial charge < -0.3 is 14.4 Å². The number of amides is 2. The molecule has 6 nitrogen and oxygen atoms in total. The van der Waals surface area contributed by atoms with Crippen LogP contribution in [0.2, 0.25) is 0 Å². The molecule has 0 unspecified atom stereocenters. The Kier molecular flexibility index (Phi) is 5.85. The van der Waals surface area contributed by atoms with Gasteiger partial charge in [-0.25, -0.2) is 4.79 Å². The molecule has 0 atom stereocenters. The van der Waals surface area contributed by atoms with E-state index < -0.39 is 43.4 Å². The first kappa shape index (κ1) is 23.9. The van der Waals surface area contributed by atoms with E-state index in [2.05, 4.69) is 4.74 Å². The van der Waals surface area contributed by atoms with E-state index in [4.69, 9.17) is 39.5 Å². The SMILES string of the molecule is CC(=O)N1CC(Oc2ccc(S(F)(F)(F)(F)F)cc2NC(=O)OCC(Cl)(Cl)Cl)C1. The van der Waals surface area contributed by atoms with Crippen molar-refractivity contribution in [1.82, 2.24) is 4.90 Å². The van der Waals surface area contributed by atoms with Crippen LogP contribution in [0.25, 0.3) is 0 Å². The van der Waals surface area contributed by atoms with Crippen molar-refractivity contribution in [3.05, 3.63) is 18.2 Å². The molecule has 1 fully saturated rings. The van der Waals surface area contributed by atoms with Gasteiger partial charge in [-0.15, -0.1) is 0 Å². The number of carbonyl (C=O) groups excluding carboxylic acids is 2. The summed E-state index contributed by atoms with van der Waals surface area (Å²) in [5.41, 5.74) is -0.730. The standard InChI is InChI=1S/C14H14Cl3F5N2O4S/c1-8(25)24-5-9(6-24)28-12-3-2-10(29(18,19,20,21)22)4-11(12)23-13(26)27-7-14(15,16)17/h2-4,9H,5-7H2,1H3,(H,23,26). The van der Waals surface area contributed by atoms with Crippen molar-refractivity contribution in [2.75, 3.05) is 25.0 Å². The monoisotopic (exact) mass is 506 g/mol. The van der Waals surface area contributed by atoms with E-state index in [1.807, 2.05) is 5.32 Å². The van der Waals surface area contributed by atoms with Gasteiger partial charge in [-0.1, -0.05) is 54.2 Å². The molecule has 0 bridgehead atoms. The van der Waals surface area contributed by atoms with Gasteiger partial charge >= 0.3 is 16.3 Å². The summed E-state index contributed by atoms with van der Waals surface area (Å²) in [6, 6.07) is 0.791. The third-order valence-electron chi connectivity index (χ3n) is 3.59. The Morgan fingerprint density at radius 3 is 2.28 bits per heavy atom. The Morgan fingerprint density at radius 2 is 1.79 bits per heavy atom. The average Bonchev–Trinajstić information content (AvgIpc) is 2.46. The van der Waals surface area contributed by atoms with Gasteiger partial charge in [0.1, 0.15) is 23.4 Å². The lowest BCUT2D eigenvalue weighted by molar-refractivity contribution is -0.137. The fourth-order valence-electron chi connectivity index (χ4n) is 2.19. The molecule has 1 aromatic carbocycles. The number of anilines is 1. The molecule has 2 rings (SSSR count). The summed E-state index contributed by atoms with van der Waals surface area (Å²) in [6.45, 7) is 0.829. The van der Waals surface area contributed by atoms with E-state index in [9.17, 15) is 29.0 Å². The van der Waals surface area contributed by atoms with Crippen LogP contribution in [0.15, 0.2) is 23.1 Å². The number of nitrogens with zero attached hydrogens (tertiary/aromatic N) is 1. The smallest absolute Gasteiger partial charge is 0.411 e. The molecule has 0 aromatic heterocycles. The Morgan fingerprint density at radius 1 is 1.21 bits per heavy atom. The predicted molar refractivity (Wildman–Crippen MR) is 99.8 cm³/mol. The molecule has 2 amide bonds. The lowest BCUT2D eigenvalue weighted by Crippen LogP contribution is -2.55. The number of rotatable bonds is 5. The van der Waals surface area contributed by atoms with Crippen molar-refractivity contribution in [2.24, 2.45) is 0 Å². The van der Waals surface area contributed by atoms with Crippen molar-refractivity contribution < 1.29 is 38.5 Å². The number of hydrogen-bond acceptors (Lipinski definition) is 4. The highest BCUT2D eigenvalue weighted by molar-refractivity contribution is 8.45. The molecule has 1 saturated heterocycles. The molecule has 1 aromatic rings. The van der Waals surface area contributed by atoms with Crippen LogP contribution in [0.3, 0.4) is 0 Å². The minimum Gasteiger partial charge on any atom is -0.485 e. The van der Waals surface area contributed by atoms with Crippen molar-refractivity contribution in [2.45, 2.75) is 21.7 Å². The maximum atomic E-state index is 13.1. The van der Waals surface area contributed by atoms with Gasteiger partial charge in [0, 0.05) is 6.92 Å². The second kappa shape index (κ2) is 7.10. The average molecular weight is 508 g/mol.